The number of carbonyl (C=O) groups is 1. The number of nitrogens with zero attached hydrogens (tertiary/aromatic N) is 1. The molecule has 2 aliphatic rings. The van der Waals surface area contributed by atoms with Gasteiger partial charge in [-0.2, -0.15) is 0 Å². The number of rotatable bonds is 2. The zero-order valence-corrected chi connectivity index (χ0v) is 11.8. The maximum Gasteiger partial charge on any atom is 0.167 e. The van der Waals surface area contributed by atoms with Gasteiger partial charge in [0, 0.05) is 17.7 Å². The van der Waals surface area contributed by atoms with Crippen molar-refractivity contribution >= 4 is 15.6 Å². The third-order valence-corrected chi connectivity index (χ3v) is 7.15. The Bertz CT molecular complexity index is 624. The summed E-state index contributed by atoms with van der Waals surface area (Å²) in [5.41, 5.74) is 0.243. The van der Waals surface area contributed by atoms with Crippen LogP contribution in [0.15, 0.2) is 18.5 Å². The first-order chi connectivity index (χ1) is 9.48. The Kier molecular flexibility index (Phi) is 3.36. The quantitative estimate of drug-likeness (QED) is 0.785. The molecule has 2 fully saturated rings. The number of pyridine rings is 1. The lowest BCUT2D eigenvalue weighted by Crippen LogP contribution is -2.45. The zero-order valence-electron chi connectivity index (χ0n) is 11.0. The van der Waals surface area contributed by atoms with Crippen molar-refractivity contribution in [2.75, 3.05) is 0 Å². The second-order valence-corrected chi connectivity index (χ2v) is 8.20. The highest BCUT2D eigenvalue weighted by molar-refractivity contribution is 7.92. The molecule has 0 radical (unpaired) electrons. The highest BCUT2D eigenvalue weighted by atomic mass is 32.2. The van der Waals surface area contributed by atoms with Gasteiger partial charge in [0.1, 0.15) is 5.82 Å². The minimum absolute atomic E-state index is 0.177. The minimum Gasteiger partial charge on any atom is -0.294 e. The second kappa shape index (κ2) is 4.91. The molecule has 3 heterocycles. The minimum atomic E-state index is -3.06. The van der Waals surface area contributed by atoms with Gasteiger partial charge in [0.2, 0.25) is 0 Å². The molecule has 2 saturated heterocycles. The fourth-order valence-electron chi connectivity index (χ4n) is 3.41. The maximum atomic E-state index is 13.1. The molecule has 0 N–H and O–H groups in total. The number of fused-ring (bicyclic) bond motifs is 2. The number of sulfone groups is 1. The normalized spacial score (nSPS) is 31.8. The standard InChI is InChI=1S/C14H16FNO3S/c15-11-4-10(7-16-8-11)14(17)9-5-12-2-1-3-13(6-9)20(12,18)19/h4,7-9,12-13H,1-3,5-6H2. The molecule has 1 aromatic heterocycles. The summed E-state index contributed by atoms with van der Waals surface area (Å²) in [5, 5.41) is -0.795. The Labute approximate surface area is 117 Å². The lowest BCUT2D eigenvalue weighted by molar-refractivity contribution is 0.0893. The average molecular weight is 297 g/mol. The van der Waals surface area contributed by atoms with Gasteiger partial charge in [0.25, 0.3) is 0 Å². The Balaban J connectivity index is 1.85. The highest BCUT2D eigenvalue weighted by Crippen LogP contribution is 2.40. The summed E-state index contributed by atoms with van der Waals surface area (Å²) in [6.07, 6.45) is 5.34. The molecule has 0 aromatic carbocycles. The Morgan fingerprint density at radius 1 is 1.20 bits per heavy atom. The van der Waals surface area contributed by atoms with Crippen LogP contribution < -0.4 is 0 Å². The molecule has 6 heteroatoms. The summed E-state index contributed by atoms with van der Waals surface area (Å²) in [4.78, 5) is 16.1. The van der Waals surface area contributed by atoms with Gasteiger partial charge >= 0.3 is 0 Å². The van der Waals surface area contributed by atoms with Gasteiger partial charge in [-0.3, -0.25) is 9.78 Å². The van der Waals surface area contributed by atoms with E-state index in [4.69, 9.17) is 0 Å². The molecule has 0 amide bonds. The third kappa shape index (κ3) is 2.26. The third-order valence-electron chi connectivity index (χ3n) is 4.44. The Hall–Kier alpha value is -1.30. The molecule has 20 heavy (non-hydrogen) atoms. The van der Waals surface area contributed by atoms with Crippen LogP contribution in [0.1, 0.15) is 42.5 Å². The van der Waals surface area contributed by atoms with Gasteiger partial charge in [-0.15, -0.1) is 0 Å². The van der Waals surface area contributed by atoms with E-state index in [-0.39, 0.29) is 17.3 Å². The van der Waals surface area contributed by atoms with Gasteiger partial charge in [-0.1, -0.05) is 6.42 Å². The molecule has 3 rings (SSSR count). The lowest BCUT2D eigenvalue weighted by Gasteiger charge is -2.38. The van der Waals surface area contributed by atoms with Gasteiger partial charge in [-0.25, -0.2) is 12.8 Å². The fraction of sp³-hybridized carbons (Fsp3) is 0.571. The van der Waals surface area contributed by atoms with E-state index in [0.29, 0.717) is 25.7 Å². The van der Waals surface area contributed by atoms with Crippen molar-refractivity contribution in [2.24, 2.45) is 5.92 Å². The van der Waals surface area contributed by atoms with E-state index >= 15 is 0 Å². The van der Waals surface area contributed by atoms with Crippen molar-refractivity contribution in [2.45, 2.75) is 42.6 Å². The molecule has 0 spiro atoms. The van der Waals surface area contributed by atoms with E-state index < -0.39 is 26.2 Å². The van der Waals surface area contributed by atoms with Crippen LogP contribution in [-0.2, 0) is 9.84 Å². The van der Waals surface area contributed by atoms with Crippen LogP contribution in [0, 0.1) is 11.7 Å². The van der Waals surface area contributed by atoms with Crippen LogP contribution in [0.4, 0.5) is 4.39 Å². The molecule has 2 bridgehead atoms. The van der Waals surface area contributed by atoms with Crippen molar-refractivity contribution in [1.29, 1.82) is 0 Å². The van der Waals surface area contributed by atoms with Crippen LogP contribution in [-0.4, -0.2) is 29.7 Å². The number of hydrogen-bond donors (Lipinski definition) is 0. The summed E-state index contributed by atoms with van der Waals surface area (Å²) in [6.45, 7) is 0. The van der Waals surface area contributed by atoms with Crippen LogP contribution in [0.5, 0.6) is 0 Å². The highest BCUT2D eigenvalue weighted by Gasteiger charge is 2.46. The predicted octanol–water partition coefficient (Wildman–Crippen LogP) is 2.15. The van der Waals surface area contributed by atoms with Gasteiger partial charge in [0.15, 0.2) is 15.6 Å². The van der Waals surface area contributed by atoms with Crippen molar-refractivity contribution in [3.8, 4) is 0 Å². The second-order valence-electron chi connectivity index (χ2n) is 5.69. The monoisotopic (exact) mass is 297 g/mol. The van der Waals surface area contributed by atoms with E-state index in [0.717, 1.165) is 12.6 Å². The molecular weight excluding hydrogens is 281 g/mol. The summed E-state index contributed by atoms with van der Waals surface area (Å²) < 4.78 is 37.5. The maximum absolute atomic E-state index is 13.1. The van der Waals surface area contributed by atoms with E-state index in [1.807, 2.05) is 0 Å². The van der Waals surface area contributed by atoms with Crippen LogP contribution in [0.25, 0.3) is 0 Å². The van der Waals surface area contributed by atoms with Crippen molar-refractivity contribution in [3.05, 3.63) is 29.8 Å². The molecule has 0 saturated carbocycles. The van der Waals surface area contributed by atoms with Crippen LogP contribution in [0.2, 0.25) is 0 Å². The van der Waals surface area contributed by atoms with Crippen molar-refractivity contribution < 1.29 is 17.6 Å². The van der Waals surface area contributed by atoms with Crippen LogP contribution in [0.3, 0.4) is 0 Å². The molecule has 2 aliphatic heterocycles. The zero-order chi connectivity index (χ0) is 14.3. The fourth-order valence-corrected chi connectivity index (χ4v) is 5.94. The smallest absolute Gasteiger partial charge is 0.167 e. The summed E-state index contributed by atoms with van der Waals surface area (Å²) in [6, 6.07) is 1.17. The summed E-state index contributed by atoms with van der Waals surface area (Å²) in [5.74, 6) is -1.04. The number of aromatic nitrogens is 1. The number of ketones is 1. The SMILES string of the molecule is O=C(c1cncc(F)c1)C1CC2CCCC(C1)S2(=O)=O. The topological polar surface area (TPSA) is 64.1 Å². The number of carbonyl (C=O) groups excluding carboxylic acids is 1. The van der Waals surface area contributed by atoms with Crippen LogP contribution >= 0.6 is 0 Å². The van der Waals surface area contributed by atoms with Gasteiger partial charge in [0.05, 0.1) is 16.7 Å². The molecular formula is C14H16FNO3S. The number of halogens is 1. The average Bonchev–Trinajstić information content (AvgIpc) is 2.36. The Morgan fingerprint density at radius 3 is 2.45 bits per heavy atom. The summed E-state index contributed by atoms with van der Waals surface area (Å²) >= 11 is 0. The van der Waals surface area contributed by atoms with E-state index in [9.17, 15) is 17.6 Å². The van der Waals surface area contributed by atoms with E-state index in [1.54, 1.807) is 0 Å². The molecule has 2 unspecified atom stereocenters. The molecule has 2 atom stereocenters. The summed E-state index contributed by atoms with van der Waals surface area (Å²) in [7, 11) is -3.06. The predicted molar refractivity (Wildman–Crippen MR) is 71.6 cm³/mol. The molecule has 0 aliphatic carbocycles. The van der Waals surface area contributed by atoms with Gasteiger partial charge < -0.3 is 0 Å². The largest absolute Gasteiger partial charge is 0.294 e. The van der Waals surface area contributed by atoms with Gasteiger partial charge in [-0.05, 0) is 31.7 Å². The first-order valence-corrected chi connectivity index (χ1v) is 8.47. The molecule has 108 valence electrons. The Morgan fingerprint density at radius 2 is 1.85 bits per heavy atom. The van der Waals surface area contributed by atoms with Crippen molar-refractivity contribution in [1.82, 2.24) is 4.98 Å². The number of hydrogen-bond acceptors (Lipinski definition) is 4. The number of Topliss-reactive ketones (excluding diaryl/α,β-unsaturated/α-hetero) is 1. The first-order valence-electron chi connectivity index (χ1n) is 6.86. The first kappa shape index (κ1) is 13.7. The lowest BCUT2D eigenvalue weighted by atomic mass is 9.85. The molecule has 1 aromatic rings. The van der Waals surface area contributed by atoms with Crippen molar-refractivity contribution in [3.63, 3.8) is 0 Å². The molecule has 4 nitrogen and oxygen atoms in total. The van der Waals surface area contributed by atoms with E-state index in [1.165, 1.54) is 12.3 Å². The van der Waals surface area contributed by atoms with E-state index in [2.05, 4.69) is 4.98 Å².